The Morgan fingerprint density at radius 3 is 2.48 bits per heavy atom. The maximum absolute atomic E-state index is 14.0. The van der Waals surface area contributed by atoms with Crippen molar-refractivity contribution in [2.24, 2.45) is 4.99 Å². The number of ether oxygens (including phenoxy) is 3. The van der Waals surface area contributed by atoms with Crippen LogP contribution in [-0.4, -0.2) is 30.3 Å². The number of nitrogens with zero attached hydrogens (tertiary/aromatic N) is 2. The van der Waals surface area contributed by atoms with E-state index in [1.54, 1.807) is 0 Å². The van der Waals surface area contributed by atoms with E-state index in [9.17, 15) is 23.3 Å². The van der Waals surface area contributed by atoms with Gasteiger partial charge in [-0.1, -0.05) is 6.07 Å². The summed E-state index contributed by atoms with van der Waals surface area (Å²) in [5, 5.41) is 10.7. The van der Waals surface area contributed by atoms with E-state index in [2.05, 4.69) is 4.99 Å². The van der Waals surface area contributed by atoms with Gasteiger partial charge in [0, 0.05) is 23.8 Å². The van der Waals surface area contributed by atoms with Crippen LogP contribution in [0.3, 0.4) is 0 Å². The minimum atomic E-state index is -4.73. The van der Waals surface area contributed by atoms with Crippen molar-refractivity contribution < 1.29 is 32.3 Å². The molecule has 0 radical (unpaired) electrons. The molecular weight excluding hydrogens is 393 g/mol. The van der Waals surface area contributed by atoms with Crippen molar-refractivity contribution >= 4 is 17.7 Å². The van der Waals surface area contributed by atoms with Gasteiger partial charge in [-0.15, -0.1) is 0 Å². The topological polar surface area (TPSA) is 83.2 Å². The molecule has 0 aromatic heterocycles. The molecule has 2 aliphatic rings. The SMILES string of the molecule is O=[N+]([O-])c1ccc(/C=C/C2=NCC(c3ccc4c(c3)OCO4)(C(F)(F)F)O2)cc1. The van der Waals surface area contributed by atoms with Crippen LogP contribution in [0.2, 0.25) is 0 Å². The summed E-state index contributed by atoms with van der Waals surface area (Å²) in [5.74, 6) is 0.381. The van der Waals surface area contributed by atoms with Crippen LogP contribution in [0, 0.1) is 10.1 Å². The lowest BCUT2D eigenvalue weighted by molar-refractivity contribution is -0.384. The molecule has 0 N–H and O–H groups in total. The van der Waals surface area contributed by atoms with Crippen molar-refractivity contribution in [1.29, 1.82) is 0 Å². The van der Waals surface area contributed by atoms with E-state index >= 15 is 0 Å². The van der Waals surface area contributed by atoms with Gasteiger partial charge in [0.2, 0.25) is 18.3 Å². The second-order valence-corrected chi connectivity index (χ2v) is 6.33. The largest absolute Gasteiger partial charge is 0.455 e. The second-order valence-electron chi connectivity index (χ2n) is 6.33. The number of aliphatic imine (C=N–C) groups is 1. The van der Waals surface area contributed by atoms with Crippen LogP contribution in [0.15, 0.2) is 53.5 Å². The Bertz CT molecular complexity index is 1020. The summed E-state index contributed by atoms with van der Waals surface area (Å²) < 4.78 is 57.4. The van der Waals surface area contributed by atoms with Gasteiger partial charge in [0.15, 0.2) is 11.5 Å². The Balaban J connectivity index is 1.57. The van der Waals surface area contributed by atoms with E-state index in [-0.39, 0.29) is 29.7 Å². The van der Waals surface area contributed by atoms with Crippen molar-refractivity contribution in [3.63, 3.8) is 0 Å². The first kappa shape index (κ1) is 18.8. The summed E-state index contributed by atoms with van der Waals surface area (Å²) in [5.41, 5.74) is -2.31. The van der Waals surface area contributed by atoms with E-state index < -0.39 is 23.2 Å². The lowest BCUT2D eigenvalue weighted by Gasteiger charge is -2.30. The molecule has 0 bridgehead atoms. The van der Waals surface area contributed by atoms with E-state index in [1.807, 2.05) is 0 Å². The molecule has 2 aliphatic heterocycles. The molecule has 4 rings (SSSR count). The average molecular weight is 406 g/mol. The second kappa shape index (κ2) is 6.80. The average Bonchev–Trinajstić information content (AvgIpc) is 3.33. The molecule has 0 fully saturated rings. The molecule has 0 aliphatic carbocycles. The van der Waals surface area contributed by atoms with Crippen molar-refractivity contribution in [2.45, 2.75) is 11.8 Å². The van der Waals surface area contributed by atoms with Crippen LogP contribution in [0.4, 0.5) is 18.9 Å². The Morgan fingerprint density at radius 1 is 1.07 bits per heavy atom. The molecule has 0 saturated carbocycles. The van der Waals surface area contributed by atoms with Gasteiger partial charge in [0.25, 0.3) is 5.69 Å². The summed E-state index contributed by atoms with van der Waals surface area (Å²) in [4.78, 5) is 14.0. The zero-order valence-electron chi connectivity index (χ0n) is 14.7. The van der Waals surface area contributed by atoms with Crippen molar-refractivity contribution in [3.8, 4) is 11.5 Å². The molecule has 2 heterocycles. The fourth-order valence-corrected chi connectivity index (χ4v) is 3.00. The van der Waals surface area contributed by atoms with Crippen molar-refractivity contribution in [1.82, 2.24) is 0 Å². The number of fused-ring (bicyclic) bond motifs is 1. The highest BCUT2D eigenvalue weighted by Crippen LogP contribution is 2.47. The van der Waals surface area contributed by atoms with E-state index in [1.165, 1.54) is 54.6 Å². The molecule has 0 spiro atoms. The molecule has 7 nitrogen and oxygen atoms in total. The third-order valence-electron chi connectivity index (χ3n) is 4.56. The van der Waals surface area contributed by atoms with Gasteiger partial charge in [0.05, 0.1) is 11.5 Å². The van der Waals surface area contributed by atoms with Gasteiger partial charge < -0.3 is 14.2 Å². The first-order chi connectivity index (χ1) is 13.8. The minimum absolute atomic E-state index is 0.0572. The minimum Gasteiger partial charge on any atom is -0.455 e. The normalized spacial score (nSPS) is 20.6. The van der Waals surface area contributed by atoms with E-state index in [0.29, 0.717) is 11.3 Å². The summed E-state index contributed by atoms with van der Waals surface area (Å²) in [6.45, 7) is -0.700. The molecular formula is C19H13F3N2O5. The number of hydrogen-bond donors (Lipinski definition) is 0. The van der Waals surface area contributed by atoms with Gasteiger partial charge in [-0.2, -0.15) is 13.2 Å². The quantitative estimate of drug-likeness (QED) is 0.561. The number of rotatable bonds is 4. The highest BCUT2D eigenvalue weighted by atomic mass is 19.4. The lowest BCUT2D eigenvalue weighted by atomic mass is 9.93. The van der Waals surface area contributed by atoms with Gasteiger partial charge in [0.1, 0.15) is 0 Å². The standard InChI is InChI=1S/C19H13F3N2O5/c20-19(21,22)18(13-4-7-15-16(9-13)28-11-27-15)10-23-17(29-18)8-3-12-1-5-14(6-2-12)24(25)26/h1-9H,10-11H2/b8-3+. The number of nitro benzene ring substituents is 1. The Labute approximate surface area is 162 Å². The van der Waals surface area contributed by atoms with E-state index in [0.717, 1.165) is 0 Å². The van der Waals surface area contributed by atoms with Gasteiger partial charge in [-0.25, -0.2) is 4.99 Å². The molecule has 29 heavy (non-hydrogen) atoms. The van der Waals surface area contributed by atoms with Crippen LogP contribution >= 0.6 is 0 Å². The van der Waals surface area contributed by atoms with Crippen LogP contribution in [-0.2, 0) is 10.3 Å². The maximum atomic E-state index is 14.0. The summed E-state index contributed by atoms with van der Waals surface area (Å²) >= 11 is 0. The fraction of sp³-hybridized carbons (Fsp3) is 0.211. The monoisotopic (exact) mass is 406 g/mol. The Hall–Kier alpha value is -3.56. The zero-order chi connectivity index (χ0) is 20.6. The Kier molecular flexibility index (Phi) is 4.40. The van der Waals surface area contributed by atoms with Crippen LogP contribution < -0.4 is 9.47 Å². The first-order valence-electron chi connectivity index (χ1n) is 8.41. The molecule has 0 saturated heterocycles. The number of alkyl halides is 3. The highest BCUT2D eigenvalue weighted by molar-refractivity contribution is 5.93. The molecule has 0 amide bonds. The fourth-order valence-electron chi connectivity index (χ4n) is 3.00. The lowest BCUT2D eigenvalue weighted by Crippen LogP contribution is -2.45. The summed E-state index contributed by atoms with van der Waals surface area (Å²) in [6.07, 6.45) is -1.97. The van der Waals surface area contributed by atoms with Crippen LogP contribution in [0.1, 0.15) is 11.1 Å². The summed E-state index contributed by atoms with van der Waals surface area (Å²) in [6, 6.07) is 9.46. The van der Waals surface area contributed by atoms with Gasteiger partial charge >= 0.3 is 6.18 Å². The third-order valence-corrected chi connectivity index (χ3v) is 4.56. The van der Waals surface area contributed by atoms with Gasteiger partial charge in [-0.05, 0) is 35.9 Å². The molecule has 2 aromatic carbocycles. The first-order valence-corrected chi connectivity index (χ1v) is 8.41. The van der Waals surface area contributed by atoms with Crippen molar-refractivity contribution in [3.05, 3.63) is 69.8 Å². The Morgan fingerprint density at radius 2 is 1.79 bits per heavy atom. The smallest absolute Gasteiger partial charge is 0.434 e. The number of non-ortho nitro benzene ring substituents is 1. The van der Waals surface area contributed by atoms with Crippen LogP contribution in [0.5, 0.6) is 11.5 Å². The predicted molar refractivity (Wildman–Crippen MR) is 95.8 cm³/mol. The third kappa shape index (κ3) is 3.37. The molecule has 150 valence electrons. The molecule has 1 atom stereocenters. The zero-order valence-corrected chi connectivity index (χ0v) is 14.7. The van der Waals surface area contributed by atoms with Crippen LogP contribution in [0.25, 0.3) is 6.08 Å². The van der Waals surface area contributed by atoms with Gasteiger partial charge in [-0.3, -0.25) is 10.1 Å². The number of halogens is 3. The summed E-state index contributed by atoms with van der Waals surface area (Å²) in [7, 11) is 0. The van der Waals surface area contributed by atoms with E-state index in [4.69, 9.17) is 14.2 Å². The molecule has 10 heteroatoms. The predicted octanol–water partition coefficient (Wildman–Crippen LogP) is 4.22. The number of benzene rings is 2. The number of hydrogen-bond acceptors (Lipinski definition) is 6. The van der Waals surface area contributed by atoms with Crippen molar-refractivity contribution in [2.75, 3.05) is 13.3 Å². The number of nitro groups is 1. The highest BCUT2D eigenvalue weighted by Gasteiger charge is 2.61. The molecule has 2 aromatic rings. The molecule has 1 unspecified atom stereocenters. The maximum Gasteiger partial charge on any atom is 0.434 e.